The average molecular weight is 1010 g/mol. The molecular formula is C58H62Cl2F3SiZr. The van der Waals surface area contributed by atoms with Crippen LogP contribution < -0.4 is 0 Å². The molecule has 6 aromatic rings. The summed E-state index contributed by atoms with van der Waals surface area (Å²) in [5.74, 6) is -1.61. The van der Waals surface area contributed by atoms with Gasteiger partial charge in [-0.2, -0.15) is 0 Å². The zero-order valence-electron chi connectivity index (χ0n) is 37.8. The Labute approximate surface area is 393 Å². The van der Waals surface area contributed by atoms with Crippen LogP contribution >= 0.6 is 17.0 Å². The zero-order chi connectivity index (χ0) is 44.8. The Bertz CT molecular complexity index is 2590. The van der Waals surface area contributed by atoms with Crippen LogP contribution in [0.3, 0.4) is 0 Å². The molecule has 0 aromatic heterocycles. The zero-order valence-corrected chi connectivity index (χ0v) is 42.9. The second-order valence-corrected chi connectivity index (χ2v) is 61.7. The summed E-state index contributed by atoms with van der Waals surface area (Å²) in [6.45, 7) is 2.17. The van der Waals surface area contributed by atoms with Gasteiger partial charge in [-0.25, -0.2) is 0 Å². The molecule has 0 spiro atoms. The van der Waals surface area contributed by atoms with Crippen molar-refractivity contribution in [3.63, 3.8) is 0 Å². The van der Waals surface area contributed by atoms with Crippen LogP contribution in [-0.2, 0) is 15.6 Å². The third kappa shape index (κ3) is 8.77. The second kappa shape index (κ2) is 18.7. The van der Waals surface area contributed by atoms with E-state index in [1.807, 2.05) is 0 Å². The topological polar surface area (TPSA) is 0 Å². The molecular weight excluding hydrogens is 944 g/mol. The van der Waals surface area contributed by atoms with Crippen LogP contribution in [0.15, 0.2) is 132 Å². The Morgan fingerprint density at radius 1 is 0.508 bits per heavy atom. The van der Waals surface area contributed by atoms with E-state index in [-0.39, 0.29) is 13.3 Å². The molecule has 6 aromatic carbocycles. The molecule has 0 bridgehead atoms. The van der Waals surface area contributed by atoms with Crippen molar-refractivity contribution in [1.82, 2.24) is 0 Å². The van der Waals surface area contributed by atoms with Gasteiger partial charge in [0.2, 0.25) is 0 Å². The van der Waals surface area contributed by atoms with Gasteiger partial charge in [0.1, 0.15) is 0 Å². The molecule has 7 heteroatoms. The van der Waals surface area contributed by atoms with Gasteiger partial charge in [-0.05, 0) is 0 Å². The first-order valence-corrected chi connectivity index (χ1v) is 40.7. The Hall–Kier alpha value is -3.21. The van der Waals surface area contributed by atoms with Gasteiger partial charge in [0.15, 0.2) is 0 Å². The van der Waals surface area contributed by atoms with E-state index >= 15 is 0 Å². The van der Waals surface area contributed by atoms with Crippen molar-refractivity contribution in [2.24, 2.45) is 11.8 Å². The first-order chi connectivity index (χ1) is 31.5. The number of rotatable bonds is 11. The van der Waals surface area contributed by atoms with Crippen LogP contribution in [-0.4, -0.2) is 12.1 Å². The molecule has 0 heterocycles. The van der Waals surface area contributed by atoms with Crippen LogP contribution in [0.25, 0.3) is 56.0 Å². The predicted octanol–water partition coefficient (Wildman–Crippen LogP) is 18.9. The molecule has 337 valence electrons. The van der Waals surface area contributed by atoms with Crippen molar-refractivity contribution in [3.05, 3.63) is 155 Å². The van der Waals surface area contributed by atoms with Gasteiger partial charge in [0.05, 0.1) is 0 Å². The Balaban J connectivity index is 1.22. The standard InChI is InChI=1S/2C27H27.C4H8F3Si.2ClH.Zr/c2*1-2-4-10-20(9-3-1)17-21-18-23-13-8-16-26(27(23)19-21)25-15-7-12-22-11-5-6-14-24(22)25;1-8-3-2-4(5,6)7;;;/h2*5-8,11-16,18-20H,1-4,9-10,17H2;8H,2-3H2,1H3;2*1H;/q;;;;;+2/p-2. The van der Waals surface area contributed by atoms with Crippen molar-refractivity contribution in [1.29, 1.82) is 0 Å². The average Bonchev–Trinajstić information content (AvgIpc) is 3.62. The van der Waals surface area contributed by atoms with Crippen molar-refractivity contribution in [3.8, 4) is 22.3 Å². The summed E-state index contributed by atoms with van der Waals surface area (Å²) in [6, 6.07) is 43.7. The molecule has 65 heavy (non-hydrogen) atoms. The molecule has 0 amide bonds. The van der Waals surface area contributed by atoms with E-state index < -0.39 is 34.1 Å². The molecule has 4 aliphatic rings. The Morgan fingerprint density at radius 3 is 1.32 bits per heavy atom. The van der Waals surface area contributed by atoms with Crippen LogP contribution in [0.2, 0.25) is 12.6 Å². The van der Waals surface area contributed by atoms with E-state index in [2.05, 4.69) is 140 Å². The molecule has 10 rings (SSSR count). The molecule has 2 fully saturated rings. The number of fused-ring (bicyclic) bond motifs is 4. The van der Waals surface area contributed by atoms with E-state index in [1.54, 1.807) is 0 Å². The van der Waals surface area contributed by atoms with Gasteiger partial charge in [-0.1, -0.05) is 0 Å². The monoisotopic (exact) mass is 1000 g/mol. The van der Waals surface area contributed by atoms with Gasteiger partial charge in [0, 0.05) is 0 Å². The fraction of sp³-hybridized carbons (Fsp3) is 0.379. The van der Waals surface area contributed by atoms with E-state index in [0.717, 1.165) is 35.1 Å². The van der Waals surface area contributed by atoms with Crippen LogP contribution in [0.1, 0.15) is 126 Å². The van der Waals surface area contributed by atoms with Crippen LogP contribution in [0, 0.1) is 11.8 Å². The van der Waals surface area contributed by atoms with Crippen LogP contribution in [0.4, 0.5) is 13.2 Å². The number of halogens is 5. The fourth-order valence-electron chi connectivity index (χ4n) is 13.2. The molecule has 0 radical (unpaired) electrons. The van der Waals surface area contributed by atoms with Gasteiger partial charge < -0.3 is 0 Å². The summed E-state index contributed by atoms with van der Waals surface area (Å²) in [6.07, 6.45) is 16.2. The SMILES string of the molecule is C[SiH](CCC(F)(F)F)[Zr]([Cl])([Cl])([CH]1C(CC2CCCCCC2)=Cc2c(-c3cccc4ccccc34)cccc21)[CH]1C(CC2CCCCCC2)=Cc2c(-c3cccc4ccccc34)cccc21. The quantitative estimate of drug-likeness (QED) is 0.0896. The summed E-state index contributed by atoms with van der Waals surface area (Å²) >= 11 is -5.79. The predicted molar refractivity (Wildman–Crippen MR) is 272 cm³/mol. The normalized spacial score (nSPS) is 20.9. The Morgan fingerprint density at radius 2 is 0.892 bits per heavy atom. The van der Waals surface area contributed by atoms with Crippen molar-refractivity contribution < 1.29 is 28.7 Å². The molecule has 2 saturated carbocycles. The summed E-state index contributed by atoms with van der Waals surface area (Å²) in [5.41, 5.74) is 11.9. The number of hydrogen-bond acceptors (Lipinski definition) is 0. The number of hydrogen-bond donors (Lipinski definition) is 0. The maximum absolute atomic E-state index is 14.7. The van der Waals surface area contributed by atoms with Crippen molar-refractivity contribution in [2.45, 2.75) is 122 Å². The maximum atomic E-state index is 14.7. The Kier molecular flexibility index (Phi) is 13.1. The molecule has 3 atom stereocenters. The first kappa shape index (κ1) is 45.6. The molecule has 3 unspecified atom stereocenters. The summed E-state index contributed by atoms with van der Waals surface area (Å²) in [7, 11) is 18.4. The van der Waals surface area contributed by atoms with Gasteiger partial charge in [-0.3, -0.25) is 0 Å². The third-order valence-corrected chi connectivity index (χ3v) is 66.5. The van der Waals surface area contributed by atoms with E-state index in [0.29, 0.717) is 11.8 Å². The third-order valence-electron chi connectivity index (χ3n) is 16.4. The van der Waals surface area contributed by atoms with Crippen LogP contribution in [0.5, 0.6) is 0 Å². The number of allylic oxidation sites excluding steroid dienone is 2. The molecule has 0 N–H and O–H groups in total. The van der Waals surface area contributed by atoms with E-state index in [9.17, 15) is 30.2 Å². The summed E-state index contributed by atoms with van der Waals surface area (Å²) in [4.78, 5) is 0. The number of benzene rings is 6. The molecule has 4 aliphatic carbocycles. The number of alkyl halides is 3. The van der Waals surface area contributed by atoms with Crippen molar-refractivity contribution >= 4 is 56.6 Å². The van der Waals surface area contributed by atoms with E-state index in [1.165, 1.54) is 132 Å². The molecule has 0 nitrogen and oxygen atoms in total. The molecule has 0 saturated heterocycles. The summed E-state index contributed by atoms with van der Waals surface area (Å²) in [5, 5.41) is 4.76. The minimum absolute atomic E-state index is 0.0544. The van der Waals surface area contributed by atoms with Crippen molar-refractivity contribution in [2.75, 3.05) is 0 Å². The van der Waals surface area contributed by atoms with Gasteiger partial charge in [-0.15, -0.1) is 0 Å². The van der Waals surface area contributed by atoms with Gasteiger partial charge >= 0.3 is 397 Å². The minimum atomic E-state index is -5.79. The second-order valence-electron chi connectivity index (χ2n) is 20.4. The van der Waals surface area contributed by atoms with Gasteiger partial charge in [0.25, 0.3) is 0 Å². The fourth-order valence-corrected chi connectivity index (χ4v) is 53.2. The molecule has 0 aliphatic heterocycles. The van der Waals surface area contributed by atoms with E-state index in [4.69, 9.17) is 0 Å². The first-order valence-electron chi connectivity index (χ1n) is 24.7. The summed E-state index contributed by atoms with van der Waals surface area (Å²) < 4.78 is 43.5.